The number of esters is 1. The first-order valence-corrected chi connectivity index (χ1v) is 11.0. The molecule has 0 bridgehead atoms. The van der Waals surface area contributed by atoms with Crippen LogP contribution >= 0.6 is 11.6 Å². The molecule has 1 atom stereocenters. The highest BCUT2D eigenvalue weighted by molar-refractivity contribution is 7.91. The smallest absolute Gasteiger partial charge is 0.344 e. The molecule has 0 unspecified atom stereocenters. The summed E-state index contributed by atoms with van der Waals surface area (Å²) in [6.45, 7) is 1.09. The zero-order chi connectivity index (χ0) is 19.6. The van der Waals surface area contributed by atoms with Gasteiger partial charge < -0.3 is 14.4 Å². The van der Waals surface area contributed by atoms with E-state index in [1.165, 1.54) is 0 Å². The van der Waals surface area contributed by atoms with Crippen LogP contribution < -0.4 is 4.74 Å². The summed E-state index contributed by atoms with van der Waals surface area (Å²) in [6, 6.07) is 4.76. The van der Waals surface area contributed by atoms with Crippen molar-refractivity contribution in [1.29, 1.82) is 0 Å². The number of aryl methyl sites for hydroxylation is 1. The van der Waals surface area contributed by atoms with Gasteiger partial charge in [-0.1, -0.05) is 11.6 Å². The maximum atomic E-state index is 12.5. The highest BCUT2D eigenvalue weighted by Crippen LogP contribution is 2.32. The summed E-state index contributed by atoms with van der Waals surface area (Å²) in [5.41, 5.74) is 0.823. The van der Waals surface area contributed by atoms with Crippen LogP contribution in [0.5, 0.6) is 5.75 Å². The second-order valence-electron chi connectivity index (χ2n) is 6.95. The number of hydrogen-bond donors (Lipinski definition) is 0. The monoisotopic (exact) mass is 415 g/mol. The molecule has 1 heterocycles. The lowest BCUT2D eigenvalue weighted by molar-refractivity contribution is -0.154. The minimum Gasteiger partial charge on any atom is -0.482 e. The van der Waals surface area contributed by atoms with Crippen molar-refractivity contribution in [3.05, 3.63) is 28.8 Å². The van der Waals surface area contributed by atoms with E-state index in [0.29, 0.717) is 17.2 Å². The number of halogens is 1. The topological polar surface area (TPSA) is 90.0 Å². The zero-order valence-electron chi connectivity index (χ0n) is 15.0. The van der Waals surface area contributed by atoms with Gasteiger partial charge in [0.2, 0.25) is 0 Å². The molecule has 0 aromatic heterocycles. The third kappa shape index (κ3) is 5.35. The van der Waals surface area contributed by atoms with Crippen LogP contribution in [0.2, 0.25) is 5.02 Å². The van der Waals surface area contributed by atoms with Crippen LogP contribution in [0.15, 0.2) is 18.2 Å². The Balaban J connectivity index is 1.48. The number of sulfone groups is 1. The number of amides is 1. The first kappa shape index (κ1) is 19.9. The first-order valence-electron chi connectivity index (χ1n) is 8.81. The van der Waals surface area contributed by atoms with Crippen LogP contribution in [0.1, 0.15) is 24.8 Å². The molecule has 0 spiro atoms. The van der Waals surface area contributed by atoms with E-state index in [4.69, 9.17) is 21.1 Å². The minimum atomic E-state index is -3.09. The van der Waals surface area contributed by atoms with Crippen molar-refractivity contribution in [3.63, 3.8) is 0 Å². The Morgan fingerprint density at radius 2 is 1.93 bits per heavy atom. The van der Waals surface area contributed by atoms with Gasteiger partial charge in [0.15, 0.2) is 23.1 Å². The number of benzene rings is 1. The van der Waals surface area contributed by atoms with Crippen LogP contribution in [-0.2, 0) is 24.2 Å². The van der Waals surface area contributed by atoms with Crippen LogP contribution in [0.3, 0.4) is 0 Å². The third-order valence-corrected chi connectivity index (χ3v) is 6.85. The van der Waals surface area contributed by atoms with Crippen molar-refractivity contribution < 1.29 is 27.5 Å². The molecule has 1 saturated carbocycles. The molecule has 27 heavy (non-hydrogen) atoms. The van der Waals surface area contributed by atoms with Crippen LogP contribution in [0, 0.1) is 6.92 Å². The molecule has 1 aliphatic heterocycles. The maximum Gasteiger partial charge on any atom is 0.344 e. The SMILES string of the molecule is Cc1cc(OCC(=O)OCC(=O)N(C2CC2)[C@H]2CCS(=O)(=O)C2)ccc1Cl. The molecular weight excluding hydrogens is 394 g/mol. The van der Waals surface area contributed by atoms with Gasteiger partial charge in [-0.25, -0.2) is 13.2 Å². The molecule has 2 aliphatic rings. The van der Waals surface area contributed by atoms with E-state index in [0.717, 1.165) is 18.4 Å². The van der Waals surface area contributed by atoms with Crippen LogP contribution in [-0.4, -0.2) is 62.0 Å². The molecule has 1 aromatic carbocycles. The number of hydrogen-bond acceptors (Lipinski definition) is 6. The second-order valence-corrected chi connectivity index (χ2v) is 9.59. The number of ether oxygens (including phenoxy) is 2. The Morgan fingerprint density at radius 3 is 2.52 bits per heavy atom. The summed E-state index contributed by atoms with van der Waals surface area (Å²) in [5, 5.41) is 0.601. The third-order valence-electron chi connectivity index (χ3n) is 4.67. The summed E-state index contributed by atoms with van der Waals surface area (Å²) < 4.78 is 33.8. The molecule has 2 fully saturated rings. The molecule has 1 aliphatic carbocycles. The predicted octanol–water partition coefficient (Wildman–Crippen LogP) is 1.75. The van der Waals surface area contributed by atoms with Crippen molar-refractivity contribution in [3.8, 4) is 5.75 Å². The molecule has 0 N–H and O–H groups in total. The van der Waals surface area contributed by atoms with E-state index in [9.17, 15) is 18.0 Å². The van der Waals surface area contributed by atoms with Gasteiger partial charge in [0.1, 0.15) is 5.75 Å². The fourth-order valence-electron chi connectivity index (χ4n) is 3.16. The zero-order valence-corrected chi connectivity index (χ0v) is 16.6. The van der Waals surface area contributed by atoms with E-state index in [1.54, 1.807) is 23.1 Å². The van der Waals surface area contributed by atoms with Crippen molar-refractivity contribution in [2.24, 2.45) is 0 Å². The van der Waals surface area contributed by atoms with Gasteiger partial charge in [-0.3, -0.25) is 4.79 Å². The van der Waals surface area contributed by atoms with Gasteiger partial charge in [0.05, 0.1) is 11.5 Å². The normalized spacial score (nSPS) is 20.9. The summed E-state index contributed by atoms with van der Waals surface area (Å²) in [6.07, 6.45) is 2.15. The molecule has 0 radical (unpaired) electrons. The van der Waals surface area contributed by atoms with Gasteiger partial charge in [0.25, 0.3) is 5.91 Å². The van der Waals surface area contributed by atoms with Crippen molar-refractivity contribution >= 4 is 33.3 Å². The Kier molecular flexibility index (Phi) is 5.95. The molecule has 1 saturated heterocycles. The Hall–Kier alpha value is -1.80. The van der Waals surface area contributed by atoms with Gasteiger partial charge in [0, 0.05) is 17.1 Å². The van der Waals surface area contributed by atoms with Gasteiger partial charge in [-0.05, 0) is 49.9 Å². The molecule has 7 nitrogen and oxygen atoms in total. The van der Waals surface area contributed by atoms with Gasteiger partial charge in [-0.2, -0.15) is 0 Å². The molecular formula is C18H22ClNO6S. The summed E-state index contributed by atoms with van der Waals surface area (Å²) in [5.74, 6) is -0.443. The van der Waals surface area contributed by atoms with Crippen LogP contribution in [0.4, 0.5) is 0 Å². The molecule has 9 heteroatoms. The number of carbonyl (C=O) groups is 2. The van der Waals surface area contributed by atoms with E-state index < -0.39 is 22.4 Å². The molecule has 1 amide bonds. The van der Waals surface area contributed by atoms with Crippen molar-refractivity contribution in [2.45, 2.75) is 38.3 Å². The second kappa shape index (κ2) is 8.06. The van der Waals surface area contributed by atoms with Gasteiger partial charge in [-0.15, -0.1) is 0 Å². The quantitative estimate of drug-likeness (QED) is 0.630. The van der Waals surface area contributed by atoms with Crippen LogP contribution in [0.25, 0.3) is 0 Å². The highest BCUT2D eigenvalue weighted by atomic mass is 35.5. The van der Waals surface area contributed by atoms with E-state index in [-0.39, 0.29) is 36.1 Å². The Bertz CT molecular complexity index is 836. The average Bonchev–Trinajstić information content (AvgIpc) is 3.37. The Labute approximate surface area is 163 Å². The lowest BCUT2D eigenvalue weighted by atomic mass is 10.2. The first-order chi connectivity index (χ1) is 12.7. The summed E-state index contributed by atoms with van der Waals surface area (Å²) in [4.78, 5) is 25.9. The standard InChI is InChI=1S/C18H22ClNO6S/c1-12-8-15(4-5-16(12)19)25-10-18(22)26-9-17(21)20(13-2-3-13)14-6-7-27(23,24)11-14/h4-5,8,13-14H,2-3,6-7,9-11H2,1H3/t14-/m0/s1. The van der Waals surface area contributed by atoms with E-state index in [1.807, 2.05) is 6.92 Å². The maximum absolute atomic E-state index is 12.5. The molecule has 1 aromatic rings. The summed E-state index contributed by atoms with van der Waals surface area (Å²) >= 11 is 5.93. The predicted molar refractivity (Wildman–Crippen MR) is 99.6 cm³/mol. The highest BCUT2D eigenvalue weighted by Gasteiger charge is 2.42. The molecule has 148 valence electrons. The van der Waals surface area contributed by atoms with Gasteiger partial charge >= 0.3 is 5.97 Å². The fraction of sp³-hybridized carbons (Fsp3) is 0.556. The number of carbonyl (C=O) groups excluding carboxylic acids is 2. The molecule has 3 rings (SSSR count). The lowest BCUT2D eigenvalue weighted by Crippen LogP contribution is -2.45. The van der Waals surface area contributed by atoms with E-state index >= 15 is 0 Å². The van der Waals surface area contributed by atoms with E-state index in [2.05, 4.69) is 0 Å². The Morgan fingerprint density at radius 1 is 1.19 bits per heavy atom. The van der Waals surface area contributed by atoms with Crippen molar-refractivity contribution in [1.82, 2.24) is 4.90 Å². The van der Waals surface area contributed by atoms with Crippen molar-refractivity contribution in [2.75, 3.05) is 24.7 Å². The lowest BCUT2D eigenvalue weighted by Gasteiger charge is -2.28. The largest absolute Gasteiger partial charge is 0.482 e. The number of rotatable bonds is 7. The number of nitrogens with zero attached hydrogens (tertiary/aromatic N) is 1. The minimum absolute atomic E-state index is 0.0117. The summed E-state index contributed by atoms with van der Waals surface area (Å²) in [7, 11) is -3.09. The average molecular weight is 416 g/mol. The fourth-order valence-corrected chi connectivity index (χ4v) is 4.99.